The lowest BCUT2D eigenvalue weighted by Crippen LogP contribution is -2.61. The number of fused-ring (bicyclic) bond motifs is 2. The first-order valence-electron chi connectivity index (χ1n) is 17.4. The molecule has 4 unspecified atom stereocenters. The van der Waals surface area contributed by atoms with Gasteiger partial charge in [-0.2, -0.15) is 0 Å². The second-order valence-corrected chi connectivity index (χ2v) is 14.2. The standard InChI is InChI=1S/C32H44N4O5.C7H8/c1-8-9-11-19(4)32(40)36(20(5)21(6)37)30(39)31(41-32,18(2)3)34-29(38)23-14-25-24-12-10-13-26-28(24)22(16-33-26)15-27(25)35(7)17-23;1-7-5-3-2-4-6-7/h10,12-14,16,18-20,23,27,33,40H,8-9,11,15,17H2,1-7H3,(H,34,38);2-6H,1H3/t19?,20-,23?,27?,31?,32-;/m0./s1. The number of nitrogens with zero attached hydrogens (tertiary/aromatic N) is 2. The fourth-order valence-corrected chi connectivity index (χ4v) is 7.34. The zero-order chi connectivity index (χ0) is 35.0. The molecule has 1 fully saturated rings. The van der Waals surface area contributed by atoms with Gasteiger partial charge in [-0.15, -0.1) is 0 Å². The Hall–Kier alpha value is -3.79. The molecular formula is C39H52N4O5. The van der Waals surface area contributed by atoms with Gasteiger partial charge in [0.2, 0.25) is 11.6 Å². The third-order valence-electron chi connectivity index (χ3n) is 10.5. The van der Waals surface area contributed by atoms with Crippen LogP contribution in [0.4, 0.5) is 0 Å². The Kier molecular flexibility index (Phi) is 10.3. The number of ether oxygens (including phenoxy) is 1. The molecule has 1 aromatic heterocycles. The number of benzene rings is 2. The normalized spacial score (nSPS) is 26.4. The van der Waals surface area contributed by atoms with Crippen LogP contribution in [0.15, 0.2) is 60.8 Å². The van der Waals surface area contributed by atoms with E-state index in [9.17, 15) is 19.5 Å². The second-order valence-electron chi connectivity index (χ2n) is 14.2. The largest absolute Gasteiger partial charge is 0.361 e. The number of aromatic nitrogens is 1. The summed E-state index contributed by atoms with van der Waals surface area (Å²) < 4.78 is 6.34. The van der Waals surface area contributed by atoms with Gasteiger partial charge in [-0.3, -0.25) is 28.9 Å². The van der Waals surface area contributed by atoms with Gasteiger partial charge >= 0.3 is 0 Å². The van der Waals surface area contributed by atoms with Crippen molar-refractivity contribution >= 4 is 34.1 Å². The molecule has 0 spiro atoms. The predicted molar refractivity (Wildman–Crippen MR) is 188 cm³/mol. The summed E-state index contributed by atoms with van der Waals surface area (Å²) in [7, 11) is 2.02. The lowest BCUT2D eigenvalue weighted by Gasteiger charge is -2.41. The molecule has 3 aliphatic rings. The van der Waals surface area contributed by atoms with Gasteiger partial charge in [0.15, 0.2) is 5.78 Å². The highest BCUT2D eigenvalue weighted by atomic mass is 16.7. The van der Waals surface area contributed by atoms with Gasteiger partial charge in [0.05, 0.1) is 12.0 Å². The van der Waals surface area contributed by atoms with Gasteiger partial charge in [0, 0.05) is 41.5 Å². The second kappa shape index (κ2) is 14.0. The number of unbranched alkanes of at least 4 members (excludes halogenated alkanes) is 1. The molecular weight excluding hydrogens is 604 g/mol. The number of rotatable bonds is 9. The van der Waals surface area contributed by atoms with E-state index in [0.29, 0.717) is 13.0 Å². The highest BCUT2D eigenvalue weighted by Gasteiger charge is 2.66. The molecule has 48 heavy (non-hydrogen) atoms. The Labute approximate surface area is 284 Å². The Balaban J connectivity index is 0.000000572. The number of carbonyl (C=O) groups excluding carboxylic acids is 3. The maximum atomic E-state index is 14.2. The number of aliphatic hydroxyl groups is 1. The molecule has 9 nitrogen and oxygen atoms in total. The lowest BCUT2D eigenvalue weighted by molar-refractivity contribution is -0.313. The zero-order valence-corrected chi connectivity index (χ0v) is 29.7. The quantitative estimate of drug-likeness (QED) is 0.268. The van der Waals surface area contributed by atoms with E-state index in [0.717, 1.165) is 40.8 Å². The van der Waals surface area contributed by atoms with Crippen molar-refractivity contribution in [2.24, 2.45) is 17.8 Å². The average Bonchev–Trinajstić information content (AvgIpc) is 3.57. The number of amides is 2. The van der Waals surface area contributed by atoms with Crippen LogP contribution < -0.4 is 5.32 Å². The number of nitrogens with one attached hydrogen (secondary N) is 2. The third-order valence-corrected chi connectivity index (χ3v) is 10.5. The van der Waals surface area contributed by atoms with Crippen LogP contribution in [-0.2, 0) is 25.5 Å². The van der Waals surface area contributed by atoms with E-state index in [1.165, 1.54) is 23.4 Å². The average molecular weight is 657 g/mol. The van der Waals surface area contributed by atoms with Crippen molar-refractivity contribution in [1.29, 1.82) is 0 Å². The molecule has 3 N–H and O–H groups in total. The molecule has 6 rings (SSSR count). The highest BCUT2D eigenvalue weighted by Crippen LogP contribution is 2.45. The zero-order valence-electron chi connectivity index (χ0n) is 29.7. The summed E-state index contributed by atoms with van der Waals surface area (Å²) in [5.74, 6) is -4.78. The molecule has 9 heteroatoms. The van der Waals surface area contributed by atoms with Gasteiger partial charge < -0.3 is 15.4 Å². The van der Waals surface area contributed by atoms with E-state index in [4.69, 9.17) is 4.74 Å². The van der Waals surface area contributed by atoms with Gasteiger partial charge in [-0.1, -0.05) is 94.6 Å². The predicted octanol–water partition coefficient (Wildman–Crippen LogP) is 5.81. The Bertz CT molecular complexity index is 1680. The number of hydrogen-bond acceptors (Lipinski definition) is 6. The van der Waals surface area contributed by atoms with E-state index >= 15 is 0 Å². The lowest BCUT2D eigenvalue weighted by atomic mass is 9.79. The number of hydrogen-bond donors (Lipinski definition) is 3. The summed E-state index contributed by atoms with van der Waals surface area (Å²) in [6, 6.07) is 15.7. The number of likely N-dealkylation sites (N-methyl/N-ethyl adjacent to an activating group) is 1. The fraction of sp³-hybridized carbons (Fsp3) is 0.513. The van der Waals surface area contributed by atoms with E-state index in [-0.39, 0.29) is 17.7 Å². The molecule has 0 radical (unpaired) electrons. The van der Waals surface area contributed by atoms with Crippen LogP contribution in [0.3, 0.4) is 0 Å². The topological polar surface area (TPSA) is 115 Å². The molecule has 2 amide bonds. The first-order valence-corrected chi connectivity index (χ1v) is 17.4. The van der Waals surface area contributed by atoms with Crippen molar-refractivity contribution in [2.45, 2.75) is 97.9 Å². The van der Waals surface area contributed by atoms with Crippen LogP contribution in [0.25, 0.3) is 16.5 Å². The fourth-order valence-electron chi connectivity index (χ4n) is 7.34. The summed E-state index contributed by atoms with van der Waals surface area (Å²) in [5.41, 5.74) is 4.07. The van der Waals surface area contributed by atoms with E-state index in [1.54, 1.807) is 20.8 Å². The summed E-state index contributed by atoms with van der Waals surface area (Å²) in [6.07, 6.45) is 7.28. The van der Waals surface area contributed by atoms with Crippen LogP contribution in [0.5, 0.6) is 0 Å². The maximum Gasteiger partial charge on any atom is 0.281 e. The van der Waals surface area contributed by atoms with Gasteiger partial charge in [-0.05, 0) is 63.4 Å². The SMILES string of the molecule is CCCCC(C)[C@]1(O)OC(NC(=O)C2C=C3c4cccc5[nH]cc(c45)CC3N(C)C2)(C(C)C)C(=O)N1[C@@H](C)C(C)=O.Cc1ccccc1. The molecule has 2 aliphatic heterocycles. The van der Waals surface area contributed by atoms with Crippen LogP contribution in [0.1, 0.15) is 77.5 Å². The molecule has 0 bridgehead atoms. The molecule has 258 valence electrons. The molecule has 2 aromatic carbocycles. The monoisotopic (exact) mass is 656 g/mol. The molecule has 3 aromatic rings. The van der Waals surface area contributed by atoms with E-state index < -0.39 is 41.3 Å². The number of aromatic amines is 1. The van der Waals surface area contributed by atoms with E-state index in [2.05, 4.69) is 59.5 Å². The Morgan fingerprint density at radius 2 is 1.81 bits per heavy atom. The molecule has 1 saturated heterocycles. The van der Waals surface area contributed by atoms with Gasteiger partial charge in [-0.25, -0.2) is 0 Å². The molecule has 1 aliphatic carbocycles. The minimum Gasteiger partial charge on any atom is -0.361 e. The number of Topliss-reactive ketones (excluding diaryl/α,β-unsaturated/α-hetero) is 1. The van der Waals surface area contributed by atoms with Crippen LogP contribution in [0.2, 0.25) is 0 Å². The summed E-state index contributed by atoms with van der Waals surface area (Å²) in [6.45, 7) is 13.0. The summed E-state index contributed by atoms with van der Waals surface area (Å²) in [4.78, 5) is 47.5. The first-order chi connectivity index (χ1) is 22.7. The van der Waals surface area contributed by atoms with Crippen molar-refractivity contribution in [3.05, 3.63) is 77.5 Å². The molecule has 0 saturated carbocycles. The van der Waals surface area contributed by atoms with Crippen molar-refractivity contribution in [2.75, 3.05) is 13.6 Å². The Morgan fingerprint density at radius 1 is 1.10 bits per heavy atom. The minimum atomic E-state index is -2.04. The summed E-state index contributed by atoms with van der Waals surface area (Å²) in [5, 5.41) is 16.1. The summed E-state index contributed by atoms with van der Waals surface area (Å²) >= 11 is 0. The first kappa shape index (κ1) is 35.5. The number of H-pyrrole nitrogens is 1. The van der Waals surface area contributed by atoms with Gasteiger partial charge in [0.25, 0.3) is 11.8 Å². The minimum absolute atomic E-state index is 0.146. The molecule has 3 heterocycles. The van der Waals surface area contributed by atoms with Crippen molar-refractivity contribution in [3.63, 3.8) is 0 Å². The van der Waals surface area contributed by atoms with Crippen LogP contribution in [-0.4, -0.2) is 74.8 Å². The number of ketones is 1. The number of aryl methyl sites for hydroxylation is 1. The van der Waals surface area contributed by atoms with E-state index in [1.807, 2.05) is 44.3 Å². The maximum absolute atomic E-state index is 14.2. The van der Waals surface area contributed by atoms with Crippen molar-refractivity contribution < 1.29 is 24.2 Å². The Morgan fingerprint density at radius 3 is 2.42 bits per heavy atom. The number of carbonyl (C=O) groups is 3. The molecule has 6 atom stereocenters. The van der Waals surface area contributed by atoms with Crippen molar-refractivity contribution in [3.8, 4) is 0 Å². The van der Waals surface area contributed by atoms with Gasteiger partial charge in [0.1, 0.15) is 0 Å². The third kappa shape index (κ3) is 6.35. The van der Waals surface area contributed by atoms with Crippen LogP contribution >= 0.6 is 0 Å². The smallest absolute Gasteiger partial charge is 0.281 e. The highest BCUT2D eigenvalue weighted by molar-refractivity contribution is 6.00. The van der Waals surface area contributed by atoms with Crippen molar-refractivity contribution in [1.82, 2.24) is 20.1 Å². The van der Waals surface area contributed by atoms with Crippen LogP contribution in [0, 0.1) is 24.7 Å².